The van der Waals surface area contributed by atoms with Crippen LogP contribution in [0, 0.1) is 6.92 Å². The summed E-state index contributed by atoms with van der Waals surface area (Å²) in [7, 11) is 0. The van der Waals surface area contributed by atoms with E-state index in [9.17, 15) is 0 Å². The number of hydrogen-bond acceptors (Lipinski definition) is 3. The highest BCUT2D eigenvalue weighted by molar-refractivity contribution is 5.54. The van der Waals surface area contributed by atoms with Gasteiger partial charge in [-0.15, -0.1) is 0 Å². The van der Waals surface area contributed by atoms with E-state index in [1.165, 1.54) is 24.8 Å². The molecule has 2 N–H and O–H groups in total. The van der Waals surface area contributed by atoms with Crippen molar-refractivity contribution in [3.8, 4) is 11.5 Å². The summed E-state index contributed by atoms with van der Waals surface area (Å²) >= 11 is 0. The van der Waals surface area contributed by atoms with Crippen LogP contribution in [-0.2, 0) is 5.41 Å². The van der Waals surface area contributed by atoms with Crippen molar-refractivity contribution in [3.63, 3.8) is 0 Å². The minimum atomic E-state index is 0.227. The molecular formula is C15H18N2O. The molecule has 2 aromatic rings. The van der Waals surface area contributed by atoms with Crippen molar-refractivity contribution in [2.75, 3.05) is 6.54 Å². The second kappa shape index (κ2) is 4.25. The number of oxazole rings is 1. The van der Waals surface area contributed by atoms with Gasteiger partial charge in [-0.3, -0.25) is 0 Å². The van der Waals surface area contributed by atoms with Gasteiger partial charge in [0, 0.05) is 17.5 Å². The van der Waals surface area contributed by atoms with E-state index in [1.54, 1.807) is 6.26 Å². The van der Waals surface area contributed by atoms with Crippen LogP contribution in [0.3, 0.4) is 0 Å². The highest BCUT2D eigenvalue weighted by Gasteiger charge is 2.37. The number of aromatic nitrogens is 1. The van der Waals surface area contributed by atoms with Crippen LogP contribution in [0.2, 0.25) is 0 Å². The molecule has 0 amide bonds. The van der Waals surface area contributed by atoms with Gasteiger partial charge in [0.25, 0.3) is 0 Å². The monoisotopic (exact) mass is 242 g/mol. The highest BCUT2D eigenvalue weighted by atomic mass is 16.3. The second-order valence-corrected chi connectivity index (χ2v) is 5.21. The van der Waals surface area contributed by atoms with Gasteiger partial charge in [0.15, 0.2) is 0 Å². The molecule has 0 radical (unpaired) electrons. The van der Waals surface area contributed by atoms with E-state index in [1.807, 2.05) is 6.92 Å². The number of nitrogens with zero attached hydrogens (tertiary/aromatic N) is 1. The molecule has 0 atom stereocenters. The molecule has 18 heavy (non-hydrogen) atoms. The van der Waals surface area contributed by atoms with Crippen LogP contribution in [0.25, 0.3) is 11.5 Å². The van der Waals surface area contributed by atoms with Crippen LogP contribution in [-0.4, -0.2) is 11.5 Å². The molecule has 3 heteroatoms. The van der Waals surface area contributed by atoms with Crippen molar-refractivity contribution in [1.82, 2.24) is 4.98 Å². The molecule has 1 aliphatic carbocycles. The Kier molecular flexibility index (Phi) is 2.71. The van der Waals surface area contributed by atoms with Crippen LogP contribution >= 0.6 is 0 Å². The van der Waals surface area contributed by atoms with E-state index in [4.69, 9.17) is 10.2 Å². The lowest BCUT2D eigenvalue weighted by Crippen LogP contribution is -2.41. The molecule has 1 fully saturated rings. The Morgan fingerprint density at radius 3 is 2.44 bits per heavy atom. The Morgan fingerprint density at radius 2 is 2.00 bits per heavy atom. The predicted molar refractivity (Wildman–Crippen MR) is 71.3 cm³/mol. The van der Waals surface area contributed by atoms with Crippen molar-refractivity contribution in [1.29, 1.82) is 0 Å². The second-order valence-electron chi connectivity index (χ2n) is 5.21. The Hall–Kier alpha value is -1.61. The average Bonchev–Trinajstić information content (AvgIpc) is 2.76. The van der Waals surface area contributed by atoms with Crippen LogP contribution in [0.15, 0.2) is 34.9 Å². The van der Waals surface area contributed by atoms with E-state index in [0.29, 0.717) is 5.89 Å². The summed E-state index contributed by atoms with van der Waals surface area (Å²) in [6.45, 7) is 2.67. The van der Waals surface area contributed by atoms with Gasteiger partial charge >= 0.3 is 0 Å². The molecule has 1 aromatic carbocycles. The van der Waals surface area contributed by atoms with Crippen molar-refractivity contribution in [3.05, 3.63) is 41.8 Å². The topological polar surface area (TPSA) is 52.0 Å². The SMILES string of the molecule is Cc1coc(-c2ccc(C3(CN)CCC3)cc2)n1. The maximum absolute atomic E-state index is 5.92. The number of nitrogens with two attached hydrogens (primary N) is 1. The van der Waals surface area contributed by atoms with Crippen LogP contribution in [0.1, 0.15) is 30.5 Å². The molecule has 0 bridgehead atoms. The van der Waals surface area contributed by atoms with Gasteiger partial charge in [-0.2, -0.15) is 0 Å². The lowest BCUT2D eigenvalue weighted by molar-refractivity contribution is 0.253. The van der Waals surface area contributed by atoms with Crippen molar-refractivity contribution in [2.24, 2.45) is 5.73 Å². The summed E-state index contributed by atoms with van der Waals surface area (Å²) in [6, 6.07) is 8.49. The third-order valence-corrected chi connectivity index (χ3v) is 4.06. The molecular weight excluding hydrogens is 224 g/mol. The zero-order valence-corrected chi connectivity index (χ0v) is 10.6. The maximum atomic E-state index is 5.92. The third-order valence-electron chi connectivity index (χ3n) is 4.06. The number of benzene rings is 1. The first kappa shape index (κ1) is 11.5. The fraction of sp³-hybridized carbons (Fsp3) is 0.400. The van der Waals surface area contributed by atoms with Crippen LogP contribution in [0.4, 0.5) is 0 Å². The maximum Gasteiger partial charge on any atom is 0.226 e. The molecule has 0 aliphatic heterocycles. The minimum absolute atomic E-state index is 0.227. The van der Waals surface area contributed by atoms with E-state index < -0.39 is 0 Å². The Balaban J connectivity index is 1.89. The zero-order valence-electron chi connectivity index (χ0n) is 10.6. The van der Waals surface area contributed by atoms with Crippen molar-refractivity contribution in [2.45, 2.75) is 31.6 Å². The molecule has 0 spiro atoms. The van der Waals surface area contributed by atoms with E-state index in [0.717, 1.165) is 17.8 Å². The average molecular weight is 242 g/mol. The van der Waals surface area contributed by atoms with E-state index >= 15 is 0 Å². The summed E-state index contributed by atoms with van der Waals surface area (Å²) in [5.74, 6) is 0.689. The van der Waals surface area contributed by atoms with Crippen molar-refractivity contribution >= 4 is 0 Å². The Bertz CT molecular complexity index is 532. The van der Waals surface area contributed by atoms with Gasteiger partial charge in [-0.1, -0.05) is 18.6 Å². The summed E-state index contributed by atoms with van der Waals surface area (Å²) < 4.78 is 5.41. The first-order valence-corrected chi connectivity index (χ1v) is 6.47. The van der Waals surface area contributed by atoms with Gasteiger partial charge in [0.2, 0.25) is 5.89 Å². The highest BCUT2D eigenvalue weighted by Crippen LogP contribution is 2.43. The van der Waals surface area contributed by atoms with Crippen LogP contribution < -0.4 is 5.73 Å². The lowest BCUT2D eigenvalue weighted by Gasteiger charge is -2.41. The standard InChI is InChI=1S/C15H18N2O/c1-11-9-18-14(17-11)12-3-5-13(6-4-12)15(10-16)7-2-8-15/h3-6,9H,2,7-8,10,16H2,1H3. The third kappa shape index (κ3) is 1.75. The quantitative estimate of drug-likeness (QED) is 0.900. The lowest BCUT2D eigenvalue weighted by atomic mass is 9.64. The summed E-state index contributed by atoms with van der Waals surface area (Å²) in [6.07, 6.45) is 5.39. The smallest absolute Gasteiger partial charge is 0.226 e. The molecule has 3 rings (SSSR count). The Morgan fingerprint density at radius 1 is 1.28 bits per heavy atom. The molecule has 3 nitrogen and oxygen atoms in total. The molecule has 0 saturated heterocycles. The largest absolute Gasteiger partial charge is 0.444 e. The first-order valence-electron chi connectivity index (χ1n) is 6.47. The predicted octanol–water partition coefficient (Wildman–Crippen LogP) is 3.03. The van der Waals surface area contributed by atoms with Gasteiger partial charge in [-0.25, -0.2) is 4.98 Å². The normalized spacial score (nSPS) is 17.4. The molecule has 1 aromatic heterocycles. The first-order chi connectivity index (χ1) is 8.73. The molecule has 0 unspecified atom stereocenters. The van der Waals surface area contributed by atoms with E-state index in [-0.39, 0.29) is 5.41 Å². The Labute approximate surface area is 107 Å². The van der Waals surface area contributed by atoms with Gasteiger partial charge in [0.05, 0.1) is 5.69 Å². The molecule has 1 aliphatic rings. The zero-order chi connectivity index (χ0) is 12.6. The minimum Gasteiger partial charge on any atom is -0.444 e. The van der Waals surface area contributed by atoms with Gasteiger partial charge in [-0.05, 0) is 37.5 Å². The number of hydrogen-bond donors (Lipinski definition) is 1. The fourth-order valence-corrected chi connectivity index (χ4v) is 2.67. The van der Waals surface area contributed by atoms with Gasteiger partial charge in [0.1, 0.15) is 6.26 Å². The number of rotatable bonds is 3. The summed E-state index contributed by atoms with van der Waals surface area (Å²) in [5.41, 5.74) is 9.43. The van der Waals surface area contributed by atoms with Gasteiger partial charge < -0.3 is 10.2 Å². The molecule has 1 saturated carbocycles. The van der Waals surface area contributed by atoms with Crippen LogP contribution in [0.5, 0.6) is 0 Å². The van der Waals surface area contributed by atoms with Crippen molar-refractivity contribution < 1.29 is 4.42 Å². The molecule has 94 valence electrons. The fourth-order valence-electron chi connectivity index (χ4n) is 2.67. The molecule has 1 heterocycles. The number of aryl methyl sites for hydroxylation is 1. The summed E-state index contributed by atoms with van der Waals surface area (Å²) in [5, 5.41) is 0. The summed E-state index contributed by atoms with van der Waals surface area (Å²) in [4.78, 5) is 4.34. The van der Waals surface area contributed by atoms with E-state index in [2.05, 4.69) is 29.2 Å².